The average Bonchev–Trinajstić information content (AvgIpc) is 2.61. The highest BCUT2D eigenvalue weighted by Gasteiger charge is 2.33. The van der Waals surface area contributed by atoms with Gasteiger partial charge in [0.05, 0.1) is 11.1 Å². The summed E-state index contributed by atoms with van der Waals surface area (Å²) in [7, 11) is 0. The molecule has 0 unspecified atom stereocenters. The van der Waals surface area contributed by atoms with Crippen LogP contribution in [0.2, 0.25) is 0 Å². The van der Waals surface area contributed by atoms with E-state index in [2.05, 4.69) is 4.98 Å². The van der Waals surface area contributed by atoms with E-state index < -0.39 is 11.7 Å². The molecule has 0 fully saturated rings. The van der Waals surface area contributed by atoms with Crippen LogP contribution in [0, 0.1) is 0 Å². The Morgan fingerprint density at radius 2 is 2.00 bits per heavy atom. The molecular weight excluding hydrogens is 219 g/mol. The van der Waals surface area contributed by atoms with Crippen molar-refractivity contribution >= 4 is 10.9 Å². The van der Waals surface area contributed by atoms with Crippen molar-refractivity contribution in [2.75, 3.05) is 6.61 Å². The predicted molar refractivity (Wildman–Crippen MR) is 54.1 cm³/mol. The van der Waals surface area contributed by atoms with Gasteiger partial charge in [-0.2, -0.15) is 13.2 Å². The first-order chi connectivity index (χ1) is 7.54. The van der Waals surface area contributed by atoms with E-state index in [9.17, 15) is 13.2 Å². The summed E-state index contributed by atoms with van der Waals surface area (Å²) in [5.74, 6) is 0. The number of aliphatic hydroxyl groups excluding tert-OH is 1. The van der Waals surface area contributed by atoms with E-state index in [4.69, 9.17) is 5.11 Å². The van der Waals surface area contributed by atoms with Crippen LogP contribution in [0.25, 0.3) is 10.9 Å². The molecule has 2 N–H and O–H groups in total. The van der Waals surface area contributed by atoms with E-state index in [1.807, 2.05) is 0 Å². The molecule has 0 spiro atoms. The third-order valence-corrected chi connectivity index (χ3v) is 2.49. The Kier molecular flexibility index (Phi) is 2.63. The number of para-hydroxylation sites is 1. The van der Waals surface area contributed by atoms with Crippen LogP contribution >= 0.6 is 0 Å². The van der Waals surface area contributed by atoms with Crippen LogP contribution in [0.5, 0.6) is 0 Å². The zero-order valence-corrected chi connectivity index (χ0v) is 8.30. The van der Waals surface area contributed by atoms with E-state index in [0.29, 0.717) is 17.4 Å². The Labute approximate surface area is 89.7 Å². The lowest BCUT2D eigenvalue weighted by atomic mass is 10.1. The standard InChI is InChI=1S/C11H10F3NO/c12-11(13,14)9-3-1-2-8-7(4-5-16)6-15-10(8)9/h1-3,6,15-16H,4-5H2. The lowest BCUT2D eigenvalue weighted by Crippen LogP contribution is -2.05. The first-order valence-corrected chi connectivity index (χ1v) is 4.81. The van der Waals surface area contributed by atoms with Crippen molar-refractivity contribution in [2.24, 2.45) is 0 Å². The summed E-state index contributed by atoms with van der Waals surface area (Å²) in [5.41, 5.74) is 0.108. The molecule has 0 saturated heterocycles. The lowest BCUT2D eigenvalue weighted by Gasteiger charge is -2.07. The molecule has 0 aliphatic carbocycles. The second-order valence-corrected chi connectivity index (χ2v) is 3.51. The zero-order valence-electron chi connectivity index (χ0n) is 8.30. The van der Waals surface area contributed by atoms with Crippen LogP contribution in [-0.4, -0.2) is 16.7 Å². The Morgan fingerprint density at radius 3 is 2.62 bits per heavy atom. The van der Waals surface area contributed by atoms with Gasteiger partial charge in [-0.25, -0.2) is 0 Å². The van der Waals surface area contributed by atoms with Gasteiger partial charge in [0.15, 0.2) is 0 Å². The molecule has 1 aromatic heterocycles. The number of hydrogen-bond acceptors (Lipinski definition) is 1. The summed E-state index contributed by atoms with van der Waals surface area (Å²) in [6.45, 7) is -0.0802. The summed E-state index contributed by atoms with van der Waals surface area (Å²) < 4.78 is 37.9. The number of alkyl halides is 3. The highest BCUT2D eigenvalue weighted by atomic mass is 19.4. The maximum atomic E-state index is 12.6. The fourth-order valence-corrected chi connectivity index (χ4v) is 1.78. The van der Waals surface area contributed by atoms with Crippen LogP contribution in [0.3, 0.4) is 0 Å². The molecule has 1 aromatic carbocycles. The van der Waals surface area contributed by atoms with E-state index in [1.165, 1.54) is 12.3 Å². The SMILES string of the molecule is OCCc1c[nH]c2c(C(F)(F)F)cccc12. The van der Waals surface area contributed by atoms with Crippen LogP contribution < -0.4 is 0 Å². The normalized spacial score (nSPS) is 12.2. The van der Waals surface area contributed by atoms with E-state index >= 15 is 0 Å². The summed E-state index contributed by atoms with van der Waals surface area (Å²) in [6, 6.07) is 4.04. The molecule has 2 rings (SSSR count). The molecule has 0 radical (unpaired) electrons. The van der Waals surface area contributed by atoms with Gasteiger partial charge in [0.1, 0.15) is 0 Å². The number of aromatic nitrogens is 1. The number of halogens is 3. The lowest BCUT2D eigenvalue weighted by molar-refractivity contribution is -0.136. The van der Waals surface area contributed by atoms with Gasteiger partial charge in [0, 0.05) is 18.2 Å². The van der Waals surface area contributed by atoms with Gasteiger partial charge in [-0.3, -0.25) is 0 Å². The van der Waals surface area contributed by atoms with E-state index in [-0.39, 0.29) is 12.1 Å². The molecule has 5 heteroatoms. The number of rotatable bonds is 2. The van der Waals surface area contributed by atoms with Gasteiger partial charge >= 0.3 is 6.18 Å². The molecule has 0 aliphatic heterocycles. The van der Waals surface area contributed by atoms with Crippen molar-refractivity contribution in [1.82, 2.24) is 4.98 Å². The third kappa shape index (κ3) is 1.78. The first-order valence-electron chi connectivity index (χ1n) is 4.81. The second kappa shape index (κ2) is 3.83. The number of fused-ring (bicyclic) bond motifs is 1. The van der Waals surface area contributed by atoms with Gasteiger partial charge in [-0.15, -0.1) is 0 Å². The van der Waals surface area contributed by atoms with Gasteiger partial charge in [0.2, 0.25) is 0 Å². The Bertz CT molecular complexity index is 501. The number of hydrogen-bond donors (Lipinski definition) is 2. The first kappa shape index (κ1) is 11.0. The number of nitrogens with one attached hydrogen (secondary N) is 1. The molecular formula is C11H10F3NO. The Morgan fingerprint density at radius 1 is 1.25 bits per heavy atom. The summed E-state index contributed by atoms with van der Waals surface area (Å²) >= 11 is 0. The van der Waals surface area contributed by atoms with Gasteiger partial charge < -0.3 is 10.1 Å². The number of aromatic amines is 1. The van der Waals surface area contributed by atoms with Crippen LogP contribution in [0.15, 0.2) is 24.4 Å². The Balaban J connectivity index is 2.62. The quantitative estimate of drug-likeness (QED) is 0.816. The molecule has 1 heterocycles. The zero-order chi connectivity index (χ0) is 11.8. The van der Waals surface area contributed by atoms with Gasteiger partial charge in [-0.05, 0) is 18.1 Å². The molecule has 0 amide bonds. The maximum absolute atomic E-state index is 12.6. The van der Waals surface area contributed by atoms with Crippen molar-refractivity contribution in [2.45, 2.75) is 12.6 Å². The highest BCUT2D eigenvalue weighted by molar-refractivity contribution is 5.86. The minimum absolute atomic E-state index is 0.0802. The van der Waals surface area contributed by atoms with E-state index in [0.717, 1.165) is 6.07 Å². The van der Waals surface area contributed by atoms with Crippen molar-refractivity contribution in [3.8, 4) is 0 Å². The largest absolute Gasteiger partial charge is 0.418 e. The smallest absolute Gasteiger partial charge is 0.396 e. The van der Waals surface area contributed by atoms with Crippen molar-refractivity contribution in [1.29, 1.82) is 0 Å². The fraction of sp³-hybridized carbons (Fsp3) is 0.273. The maximum Gasteiger partial charge on any atom is 0.418 e. The van der Waals surface area contributed by atoms with E-state index in [1.54, 1.807) is 6.07 Å². The molecule has 2 aromatic rings. The highest BCUT2D eigenvalue weighted by Crippen LogP contribution is 2.35. The summed E-state index contributed by atoms with van der Waals surface area (Å²) in [4.78, 5) is 2.62. The molecule has 0 bridgehead atoms. The van der Waals surface area contributed by atoms with Gasteiger partial charge in [0.25, 0.3) is 0 Å². The van der Waals surface area contributed by atoms with Gasteiger partial charge in [-0.1, -0.05) is 12.1 Å². The van der Waals surface area contributed by atoms with Crippen molar-refractivity contribution in [3.05, 3.63) is 35.5 Å². The second-order valence-electron chi connectivity index (χ2n) is 3.51. The van der Waals surface area contributed by atoms with Crippen LogP contribution in [-0.2, 0) is 12.6 Å². The molecule has 2 nitrogen and oxygen atoms in total. The third-order valence-electron chi connectivity index (χ3n) is 2.49. The van der Waals surface area contributed by atoms with Crippen LogP contribution in [0.4, 0.5) is 13.2 Å². The summed E-state index contributed by atoms with van der Waals surface area (Å²) in [6.07, 6.45) is -2.50. The summed E-state index contributed by atoms with van der Waals surface area (Å²) in [5, 5.41) is 9.31. The topological polar surface area (TPSA) is 36.0 Å². The minimum atomic E-state index is -4.36. The predicted octanol–water partition coefficient (Wildman–Crippen LogP) is 2.72. The molecule has 86 valence electrons. The fourth-order valence-electron chi connectivity index (χ4n) is 1.78. The molecule has 16 heavy (non-hydrogen) atoms. The monoisotopic (exact) mass is 229 g/mol. The number of H-pyrrole nitrogens is 1. The van der Waals surface area contributed by atoms with Crippen molar-refractivity contribution in [3.63, 3.8) is 0 Å². The molecule has 0 saturated carbocycles. The molecule has 0 aliphatic rings. The molecule has 0 atom stereocenters. The minimum Gasteiger partial charge on any atom is -0.396 e. The van der Waals surface area contributed by atoms with Crippen molar-refractivity contribution < 1.29 is 18.3 Å². The number of benzene rings is 1. The van der Waals surface area contributed by atoms with Crippen LogP contribution in [0.1, 0.15) is 11.1 Å². The Hall–Kier alpha value is -1.49. The number of aliphatic hydroxyl groups is 1. The average molecular weight is 229 g/mol.